The summed E-state index contributed by atoms with van der Waals surface area (Å²) >= 11 is 0.901. The Morgan fingerprint density at radius 1 is 1.06 bits per heavy atom. The van der Waals surface area contributed by atoms with Gasteiger partial charge in [-0.1, -0.05) is 41.7 Å². The minimum absolute atomic E-state index is 0.212. The molecule has 31 heavy (non-hydrogen) atoms. The van der Waals surface area contributed by atoms with E-state index in [1.54, 1.807) is 47.8 Å². The number of carbonyl (C=O) groups excluding carboxylic acids is 2. The van der Waals surface area contributed by atoms with Gasteiger partial charge in [0, 0.05) is 0 Å². The molecule has 3 aromatic rings. The highest BCUT2D eigenvalue weighted by molar-refractivity contribution is 7.22. The molecule has 1 heterocycles. The number of carbonyl (C=O) groups is 2. The number of benzene rings is 2. The van der Waals surface area contributed by atoms with Crippen molar-refractivity contribution in [1.29, 1.82) is 0 Å². The van der Waals surface area contributed by atoms with E-state index >= 15 is 0 Å². The van der Waals surface area contributed by atoms with Crippen LogP contribution in [-0.2, 0) is 14.3 Å². The lowest BCUT2D eigenvalue weighted by Crippen LogP contribution is -2.69. The fraction of sp³-hybridized carbons (Fsp3) is 0.250. The highest BCUT2D eigenvalue weighted by Crippen LogP contribution is 2.35. The first-order valence-electron chi connectivity index (χ1n) is 9.11. The quantitative estimate of drug-likeness (QED) is 0.399. The number of anilines is 1. The Morgan fingerprint density at radius 3 is 2.39 bits per heavy atom. The Balaban J connectivity index is 1.90. The summed E-state index contributed by atoms with van der Waals surface area (Å²) in [5.74, 6) is -2.61. The molecule has 164 valence electrons. The summed E-state index contributed by atoms with van der Waals surface area (Å²) in [6.45, 7) is 0.286. The van der Waals surface area contributed by atoms with Gasteiger partial charge in [-0.25, -0.2) is 9.78 Å². The van der Waals surface area contributed by atoms with Gasteiger partial charge in [0.25, 0.3) is 5.91 Å². The van der Waals surface area contributed by atoms with Crippen LogP contribution in [0.3, 0.4) is 0 Å². The number of para-hydroxylation sites is 2. The average molecular weight is 453 g/mol. The molecule has 0 fully saturated rings. The molecule has 2 N–H and O–H groups in total. The lowest BCUT2D eigenvalue weighted by molar-refractivity contribution is -0.208. The zero-order valence-corrected chi connectivity index (χ0v) is 17.0. The molecule has 0 spiro atoms. The van der Waals surface area contributed by atoms with Crippen molar-refractivity contribution in [3.8, 4) is 5.75 Å². The van der Waals surface area contributed by atoms with Gasteiger partial charge in [-0.15, -0.1) is 0 Å². The number of alkyl halides is 3. The third-order valence-corrected chi connectivity index (χ3v) is 4.99. The second-order valence-electron chi connectivity index (χ2n) is 6.23. The molecule has 1 amide bonds. The lowest BCUT2D eigenvalue weighted by Gasteiger charge is -2.34. The van der Waals surface area contributed by atoms with Gasteiger partial charge in [-0.05, 0) is 31.2 Å². The summed E-state index contributed by atoms with van der Waals surface area (Å²) in [4.78, 5) is 28.9. The number of rotatable bonds is 8. The number of nitrogens with zero attached hydrogens (tertiary/aromatic N) is 1. The van der Waals surface area contributed by atoms with Crippen LogP contribution >= 0.6 is 11.3 Å². The number of aromatic nitrogens is 1. The molecule has 2 aromatic carbocycles. The van der Waals surface area contributed by atoms with Crippen molar-refractivity contribution in [3.05, 3.63) is 54.6 Å². The van der Waals surface area contributed by atoms with Crippen LogP contribution in [0.2, 0.25) is 0 Å². The van der Waals surface area contributed by atoms with Crippen LogP contribution in [-0.4, -0.2) is 41.9 Å². The average Bonchev–Trinajstić information content (AvgIpc) is 3.14. The third-order valence-electron chi connectivity index (χ3n) is 4.04. The number of fused-ring (bicyclic) bond motifs is 1. The predicted octanol–water partition coefficient (Wildman–Crippen LogP) is 3.73. The largest absolute Gasteiger partial charge is 0.484 e. The van der Waals surface area contributed by atoms with Crippen molar-refractivity contribution in [2.75, 3.05) is 18.5 Å². The highest BCUT2D eigenvalue weighted by Gasteiger charge is 2.64. The number of hydrogen-bond acceptors (Lipinski definition) is 7. The molecular formula is C20H18F3N3O4S. The normalized spacial score (nSPS) is 13.3. The van der Waals surface area contributed by atoms with E-state index in [0.717, 1.165) is 11.3 Å². The number of esters is 1. The molecule has 1 atom stereocenters. The van der Waals surface area contributed by atoms with E-state index in [0.29, 0.717) is 10.2 Å². The fourth-order valence-electron chi connectivity index (χ4n) is 2.63. The van der Waals surface area contributed by atoms with Crippen LogP contribution in [0.15, 0.2) is 54.6 Å². The molecule has 0 bridgehead atoms. The second-order valence-corrected chi connectivity index (χ2v) is 7.26. The Kier molecular flexibility index (Phi) is 6.64. The summed E-state index contributed by atoms with van der Waals surface area (Å²) in [5, 5.41) is 3.55. The zero-order chi connectivity index (χ0) is 22.5. The molecule has 0 radical (unpaired) electrons. The number of thiazole rings is 1. The van der Waals surface area contributed by atoms with Gasteiger partial charge >= 0.3 is 17.8 Å². The zero-order valence-electron chi connectivity index (χ0n) is 16.2. The molecule has 11 heteroatoms. The summed E-state index contributed by atoms with van der Waals surface area (Å²) in [6.07, 6.45) is -5.25. The molecule has 0 unspecified atom stereocenters. The smallest absolute Gasteiger partial charge is 0.442 e. The molecule has 3 rings (SSSR count). The topological polar surface area (TPSA) is 89.5 Å². The van der Waals surface area contributed by atoms with E-state index in [2.05, 4.69) is 15.0 Å². The first kappa shape index (κ1) is 22.3. The number of halogens is 3. The van der Waals surface area contributed by atoms with Crippen molar-refractivity contribution < 1.29 is 32.2 Å². The van der Waals surface area contributed by atoms with E-state index < -0.39 is 30.3 Å². The van der Waals surface area contributed by atoms with Gasteiger partial charge in [-0.2, -0.15) is 13.2 Å². The van der Waals surface area contributed by atoms with E-state index in [-0.39, 0.29) is 17.5 Å². The number of ether oxygens (including phenoxy) is 2. The van der Waals surface area contributed by atoms with E-state index in [9.17, 15) is 22.8 Å². The molecular weight excluding hydrogens is 435 g/mol. The Morgan fingerprint density at radius 2 is 1.74 bits per heavy atom. The van der Waals surface area contributed by atoms with Crippen LogP contribution in [0.1, 0.15) is 6.92 Å². The summed E-state index contributed by atoms with van der Waals surface area (Å²) < 4.78 is 53.0. The summed E-state index contributed by atoms with van der Waals surface area (Å²) in [7, 11) is 0. The van der Waals surface area contributed by atoms with Gasteiger partial charge in [-0.3, -0.25) is 4.79 Å². The minimum atomic E-state index is -5.25. The SMILES string of the molecule is CCOC(=O)[C@](NC(=O)COc1ccccc1)(Nc1nc2ccccc2s1)C(F)(F)F. The standard InChI is InChI=1S/C20H18F3N3O4S/c1-2-29-17(28)19(20(21,22)23,25-16(27)12-30-13-8-4-3-5-9-13)26-18-24-14-10-6-7-11-15(14)31-18/h3-11H,2,12H2,1H3,(H,24,26)(H,25,27)/t19-/m0/s1. The first-order chi connectivity index (χ1) is 14.7. The van der Waals surface area contributed by atoms with Gasteiger partial charge in [0.2, 0.25) is 0 Å². The Hall–Kier alpha value is -3.34. The monoisotopic (exact) mass is 453 g/mol. The summed E-state index contributed by atoms with van der Waals surface area (Å²) in [5.41, 5.74) is -3.11. The fourth-order valence-corrected chi connectivity index (χ4v) is 3.55. The molecule has 0 saturated heterocycles. The van der Waals surface area contributed by atoms with Crippen molar-refractivity contribution in [2.45, 2.75) is 18.8 Å². The van der Waals surface area contributed by atoms with E-state index in [4.69, 9.17) is 4.74 Å². The van der Waals surface area contributed by atoms with Crippen LogP contribution < -0.4 is 15.4 Å². The number of amides is 1. The van der Waals surface area contributed by atoms with E-state index in [1.165, 1.54) is 19.1 Å². The van der Waals surface area contributed by atoms with Crippen LogP contribution in [0, 0.1) is 0 Å². The van der Waals surface area contributed by atoms with Gasteiger partial charge in [0.05, 0.1) is 16.8 Å². The van der Waals surface area contributed by atoms with Crippen LogP contribution in [0.25, 0.3) is 10.2 Å². The van der Waals surface area contributed by atoms with Gasteiger partial charge in [0.1, 0.15) is 5.75 Å². The Labute approximate surface area is 179 Å². The number of hydrogen-bond donors (Lipinski definition) is 2. The summed E-state index contributed by atoms with van der Waals surface area (Å²) in [6, 6.07) is 14.7. The molecule has 1 aromatic heterocycles. The maximum absolute atomic E-state index is 14.2. The van der Waals surface area contributed by atoms with Crippen LogP contribution in [0.4, 0.5) is 18.3 Å². The highest BCUT2D eigenvalue weighted by atomic mass is 32.1. The van der Waals surface area contributed by atoms with E-state index in [1.807, 2.05) is 0 Å². The third kappa shape index (κ3) is 5.05. The molecule has 0 saturated carbocycles. The van der Waals surface area contributed by atoms with Crippen molar-refractivity contribution in [2.24, 2.45) is 0 Å². The predicted molar refractivity (Wildman–Crippen MR) is 109 cm³/mol. The van der Waals surface area contributed by atoms with Crippen molar-refractivity contribution in [3.63, 3.8) is 0 Å². The van der Waals surface area contributed by atoms with Crippen molar-refractivity contribution in [1.82, 2.24) is 10.3 Å². The maximum Gasteiger partial charge on any atom is 0.442 e. The van der Waals surface area contributed by atoms with Gasteiger partial charge < -0.3 is 20.1 Å². The minimum Gasteiger partial charge on any atom is -0.484 e. The van der Waals surface area contributed by atoms with Crippen molar-refractivity contribution >= 4 is 38.6 Å². The molecule has 7 nitrogen and oxygen atoms in total. The van der Waals surface area contributed by atoms with Gasteiger partial charge in [0.15, 0.2) is 11.7 Å². The molecule has 0 aliphatic carbocycles. The molecule has 0 aliphatic heterocycles. The maximum atomic E-state index is 14.2. The Bertz CT molecular complexity index is 1030. The number of nitrogens with one attached hydrogen (secondary N) is 2. The van der Waals surface area contributed by atoms with Crippen LogP contribution in [0.5, 0.6) is 5.75 Å². The lowest BCUT2D eigenvalue weighted by atomic mass is 10.1. The second kappa shape index (κ2) is 9.21. The molecule has 0 aliphatic rings. The first-order valence-corrected chi connectivity index (χ1v) is 9.93.